The summed E-state index contributed by atoms with van der Waals surface area (Å²) in [6.45, 7) is 6.11. The summed E-state index contributed by atoms with van der Waals surface area (Å²) in [6, 6.07) is 1.81. The zero-order chi connectivity index (χ0) is 13.0. The second kappa shape index (κ2) is 6.00. The van der Waals surface area contributed by atoms with Crippen LogP contribution in [0.4, 0.5) is 0 Å². The predicted molar refractivity (Wildman–Crippen MR) is 67.9 cm³/mol. The van der Waals surface area contributed by atoms with Crippen LogP contribution in [-0.2, 0) is 16.1 Å². The zero-order valence-corrected chi connectivity index (χ0v) is 11.0. The van der Waals surface area contributed by atoms with Crippen LogP contribution in [0, 0.1) is 11.8 Å². The van der Waals surface area contributed by atoms with Gasteiger partial charge in [0, 0.05) is 31.5 Å². The van der Waals surface area contributed by atoms with Crippen LogP contribution in [0.15, 0.2) is 18.5 Å². The average molecular weight is 251 g/mol. The van der Waals surface area contributed by atoms with Crippen molar-refractivity contribution < 1.29 is 9.53 Å². The van der Waals surface area contributed by atoms with Crippen molar-refractivity contribution >= 4 is 5.91 Å². The molecule has 0 aliphatic carbocycles. The lowest BCUT2D eigenvalue weighted by Crippen LogP contribution is -2.36. The van der Waals surface area contributed by atoms with Gasteiger partial charge in [-0.15, -0.1) is 0 Å². The highest BCUT2D eigenvalue weighted by Gasteiger charge is 2.30. The maximum Gasteiger partial charge on any atom is 0.241 e. The van der Waals surface area contributed by atoms with Gasteiger partial charge in [0.05, 0.1) is 6.10 Å². The van der Waals surface area contributed by atoms with Gasteiger partial charge >= 0.3 is 0 Å². The number of ether oxygens (including phenoxy) is 1. The number of nitrogens with zero attached hydrogens (tertiary/aromatic N) is 2. The van der Waals surface area contributed by atoms with Crippen molar-refractivity contribution in [2.45, 2.75) is 32.9 Å². The van der Waals surface area contributed by atoms with E-state index < -0.39 is 0 Å². The monoisotopic (exact) mass is 251 g/mol. The molecule has 0 aromatic carbocycles. The van der Waals surface area contributed by atoms with Gasteiger partial charge in [-0.05, 0) is 18.4 Å². The maximum atomic E-state index is 11.7. The molecule has 1 fully saturated rings. The van der Waals surface area contributed by atoms with Crippen LogP contribution in [0.25, 0.3) is 0 Å². The van der Waals surface area contributed by atoms with Crippen LogP contribution in [0.3, 0.4) is 0 Å². The van der Waals surface area contributed by atoms with E-state index in [1.807, 2.05) is 6.07 Å². The number of carbonyl (C=O) groups excluding carboxylic acids is 1. The Kier molecular flexibility index (Phi) is 4.36. The molecule has 1 aliphatic heterocycles. The summed E-state index contributed by atoms with van der Waals surface area (Å²) in [5.74, 6) is 0.945. The Balaban J connectivity index is 1.75. The summed E-state index contributed by atoms with van der Waals surface area (Å²) in [7, 11) is 0. The van der Waals surface area contributed by atoms with E-state index in [-0.39, 0.29) is 18.6 Å². The molecule has 18 heavy (non-hydrogen) atoms. The minimum Gasteiger partial charge on any atom is -0.378 e. The lowest BCUT2D eigenvalue weighted by Gasteiger charge is -2.22. The molecule has 1 aromatic heterocycles. The second-order valence-corrected chi connectivity index (χ2v) is 5.14. The topological polar surface area (TPSA) is 56.1 Å². The molecule has 1 N–H and O–H groups in total. The third-order valence-corrected chi connectivity index (χ3v) is 3.35. The van der Waals surface area contributed by atoms with Gasteiger partial charge in [0.15, 0.2) is 0 Å². The summed E-state index contributed by atoms with van der Waals surface area (Å²) in [4.78, 5) is 11.7. The summed E-state index contributed by atoms with van der Waals surface area (Å²) >= 11 is 0. The van der Waals surface area contributed by atoms with Crippen molar-refractivity contribution in [2.75, 3.05) is 13.2 Å². The number of rotatable bonds is 5. The first-order valence-electron chi connectivity index (χ1n) is 6.52. The van der Waals surface area contributed by atoms with Crippen LogP contribution < -0.4 is 5.32 Å². The fraction of sp³-hybridized carbons (Fsp3) is 0.692. The molecule has 0 spiro atoms. The molecule has 0 radical (unpaired) electrons. The molecule has 0 unspecified atom stereocenters. The smallest absolute Gasteiger partial charge is 0.241 e. The molecule has 2 heterocycles. The fourth-order valence-electron chi connectivity index (χ4n) is 2.45. The summed E-state index contributed by atoms with van der Waals surface area (Å²) in [5.41, 5.74) is 0. The molecule has 1 saturated heterocycles. The van der Waals surface area contributed by atoms with Crippen molar-refractivity contribution in [3.8, 4) is 0 Å². The van der Waals surface area contributed by atoms with E-state index in [1.54, 1.807) is 17.1 Å². The SMILES string of the molecule is CC(C)[C@H]1OCC[C@@H]1CNC(=O)Cn1cccn1. The molecular formula is C13H21N3O2. The molecule has 100 valence electrons. The van der Waals surface area contributed by atoms with Gasteiger partial charge in [-0.3, -0.25) is 9.48 Å². The Morgan fingerprint density at radius 2 is 2.44 bits per heavy atom. The largest absolute Gasteiger partial charge is 0.378 e. The van der Waals surface area contributed by atoms with Crippen LogP contribution in [0.1, 0.15) is 20.3 Å². The number of aromatic nitrogens is 2. The minimum absolute atomic E-state index is 0.00751. The zero-order valence-electron chi connectivity index (χ0n) is 11.0. The van der Waals surface area contributed by atoms with Crippen LogP contribution in [0.5, 0.6) is 0 Å². The standard InChI is InChI=1S/C13H21N3O2/c1-10(2)13-11(4-7-18-13)8-14-12(17)9-16-6-3-5-15-16/h3,5-6,10-11,13H,4,7-9H2,1-2H3,(H,14,17)/t11-,13-/m1/s1. The van der Waals surface area contributed by atoms with Gasteiger partial charge < -0.3 is 10.1 Å². The van der Waals surface area contributed by atoms with Gasteiger partial charge in [-0.25, -0.2) is 0 Å². The minimum atomic E-state index is 0.00751. The van der Waals surface area contributed by atoms with E-state index in [0.29, 0.717) is 18.4 Å². The highest BCUT2D eigenvalue weighted by molar-refractivity contribution is 5.75. The molecule has 5 heteroatoms. The van der Waals surface area contributed by atoms with Crippen LogP contribution >= 0.6 is 0 Å². The Morgan fingerprint density at radius 1 is 1.61 bits per heavy atom. The number of nitrogens with one attached hydrogen (secondary N) is 1. The normalized spacial score (nSPS) is 23.5. The molecule has 0 saturated carbocycles. The first-order valence-corrected chi connectivity index (χ1v) is 6.52. The quantitative estimate of drug-likeness (QED) is 0.851. The molecule has 5 nitrogen and oxygen atoms in total. The van der Waals surface area contributed by atoms with Gasteiger partial charge in [-0.2, -0.15) is 5.10 Å². The van der Waals surface area contributed by atoms with Crippen molar-refractivity contribution in [1.29, 1.82) is 0 Å². The first kappa shape index (κ1) is 13.1. The third-order valence-electron chi connectivity index (χ3n) is 3.35. The second-order valence-electron chi connectivity index (χ2n) is 5.14. The van der Waals surface area contributed by atoms with Crippen molar-refractivity contribution in [1.82, 2.24) is 15.1 Å². The van der Waals surface area contributed by atoms with E-state index in [1.165, 1.54) is 0 Å². The maximum absolute atomic E-state index is 11.7. The van der Waals surface area contributed by atoms with E-state index in [2.05, 4.69) is 24.3 Å². The molecule has 2 atom stereocenters. The molecule has 1 amide bonds. The summed E-state index contributed by atoms with van der Waals surface area (Å²) < 4.78 is 7.32. The predicted octanol–water partition coefficient (Wildman–Crippen LogP) is 1.06. The van der Waals surface area contributed by atoms with Gasteiger partial charge in [0.1, 0.15) is 6.54 Å². The lowest BCUT2D eigenvalue weighted by molar-refractivity contribution is -0.122. The molecular weight excluding hydrogens is 230 g/mol. The molecule has 1 aromatic rings. The number of carbonyl (C=O) groups is 1. The van der Waals surface area contributed by atoms with Gasteiger partial charge in [0.25, 0.3) is 0 Å². The lowest BCUT2D eigenvalue weighted by atomic mass is 9.93. The first-order chi connectivity index (χ1) is 8.66. The number of amides is 1. The van der Waals surface area contributed by atoms with E-state index in [4.69, 9.17) is 4.74 Å². The summed E-state index contributed by atoms with van der Waals surface area (Å²) in [6.07, 6.45) is 4.77. The molecule has 2 rings (SSSR count). The Bertz CT molecular complexity index is 376. The Morgan fingerprint density at radius 3 is 3.11 bits per heavy atom. The molecule has 0 bridgehead atoms. The number of hydrogen-bond acceptors (Lipinski definition) is 3. The van der Waals surface area contributed by atoms with E-state index >= 15 is 0 Å². The van der Waals surface area contributed by atoms with Crippen LogP contribution in [0.2, 0.25) is 0 Å². The Hall–Kier alpha value is -1.36. The van der Waals surface area contributed by atoms with Gasteiger partial charge in [-0.1, -0.05) is 13.8 Å². The third kappa shape index (κ3) is 3.32. The van der Waals surface area contributed by atoms with Gasteiger partial charge in [0.2, 0.25) is 5.91 Å². The average Bonchev–Trinajstić information content (AvgIpc) is 2.96. The van der Waals surface area contributed by atoms with Crippen LogP contribution in [-0.4, -0.2) is 34.9 Å². The molecule has 1 aliphatic rings. The highest BCUT2D eigenvalue weighted by atomic mass is 16.5. The van der Waals surface area contributed by atoms with Crippen molar-refractivity contribution in [3.63, 3.8) is 0 Å². The Labute approximate surface area is 108 Å². The van der Waals surface area contributed by atoms with E-state index in [9.17, 15) is 4.79 Å². The van der Waals surface area contributed by atoms with Crippen molar-refractivity contribution in [3.05, 3.63) is 18.5 Å². The highest BCUT2D eigenvalue weighted by Crippen LogP contribution is 2.25. The summed E-state index contributed by atoms with van der Waals surface area (Å²) in [5, 5.41) is 6.98. The van der Waals surface area contributed by atoms with E-state index in [0.717, 1.165) is 13.0 Å². The number of hydrogen-bond donors (Lipinski definition) is 1. The fourth-order valence-corrected chi connectivity index (χ4v) is 2.45. The van der Waals surface area contributed by atoms with Crippen molar-refractivity contribution in [2.24, 2.45) is 11.8 Å².